The topological polar surface area (TPSA) is 77.9 Å². The first kappa shape index (κ1) is 23.4. The van der Waals surface area contributed by atoms with Crippen LogP contribution in [0.15, 0.2) is 53.4 Å². The van der Waals surface area contributed by atoms with Crippen molar-refractivity contribution < 1.29 is 18.3 Å². The molecule has 7 heteroatoms. The third-order valence-corrected chi connectivity index (χ3v) is 9.95. The van der Waals surface area contributed by atoms with Crippen molar-refractivity contribution in [2.75, 3.05) is 25.4 Å². The number of hydrogen-bond acceptors (Lipinski definition) is 4. The van der Waals surface area contributed by atoms with Crippen molar-refractivity contribution in [1.82, 2.24) is 9.80 Å². The summed E-state index contributed by atoms with van der Waals surface area (Å²) in [4.78, 5) is 16.9. The van der Waals surface area contributed by atoms with Crippen LogP contribution >= 0.6 is 0 Å². The monoisotopic (exact) mass is 482 g/mol. The van der Waals surface area contributed by atoms with Gasteiger partial charge in [-0.2, -0.15) is 0 Å². The van der Waals surface area contributed by atoms with E-state index in [9.17, 15) is 18.3 Å². The SMILES string of the molecule is CC(C)(c1ccc(-c2ccc(S(=O)(=O)CC3CC3)cc2)cc1)N(C(=O)O)C1CN2CCC1CC2. The molecule has 3 heterocycles. The molecule has 2 aromatic carbocycles. The van der Waals surface area contributed by atoms with Gasteiger partial charge in [0.1, 0.15) is 0 Å². The molecule has 3 aliphatic heterocycles. The molecule has 6 nitrogen and oxygen atoms in total. The van der Waals surface area contributed by atoms with Gasteiger partial charge in [-0.3, -0.25) is 4.90 Å². The van der Waals surface area contributed by atoms with E-state index in [1.54, 1.807) is 17.0 Å². The number of amides is 1. The molecule has 1 unspecified atom stereocenters. The third kappa shape index (κ3) is 4.48. The van der Waals surface area contributed by atoms with Crippen molar-refractivity contribution in [3.63, 3.8) is 0 Å². The van der Waals surface area contributed by atoms with Gasteiger partial charge < -0.3 is 10.0 Å². The first-order chi connectivity index (χ1) is 16.1. The number of rotatable bonds is 7. The van der Waals surface area contributed by atoms with Crippen molar-refractivity contribution in [2.24, 2.45) is 11.8 Å². The maximum atomic E-state index is 12.5. The molecule has 1 atom stereocenters. The van der Waals surface area contributed by atoms with Crippen LogP contribution in [-0.4, -0.2) is 60.8 Å². The molecule has 4 aliphatic rings. The predicted molar refractivity (Wildman–Crippen MR) is 132 cm³/mol. The number of nitrogens with zero attached hydrogens (tertiary/aromatic N) is 2. The Bertz CT molecular complexity index is 1150. The van der Waals surface area contributed by atoms with Crippen LogP contribution in [0.1, 0.15) is 45.1 Å². The summed E-state index contributed by atoms with van der Waals surface area (Å²) in [6.45, 7) is 6.95. The van der Waals surface area contributed by atoms with Gasteiger partial charge >= 0.3 is 6.09 Å². The number of hydrogen-bond donors (Lipinski definition) is 1. The Morgan fingerprint density at radius 2 is 1.53 bits per heavy atom. The van der Waals surface area contributed by atoms with Crippen molar-refractivity contribution >= 4 is 15.9 Å². The Morgan fingerprint density at radius 1 is 0.971 bits per heavy atom. The lowest BCUT2D eigenvalue weighted by Gasteiger charge is -2.52. The van der Waals surface area contributed by atoms with Crippen molar-refractivity contribution in [2.45, 2.75) is 56.0 Å². The maximum absolute atomic E-state index is 12.5. The van der Waals surface area contributed by atoms with Crippen LogP contribution in [0.5, 0.6) is 0 Å². The van der Waals surface area contributed by atoms with Crippen LogP contribution < -0.4 is 0 Å². The van der Waals surface area contributed by atoms with Crippen LogP contribution in [-0.2, 0) is 15.4 Å². The number of piperidine rings is 3. The second-order valence-electron chi connectivity index (χ2n) is 10.7. The Balaban J connectivity index is 1.35. The highest BCUT2D eigenvalue weighted by Crippen LogP contribution is 2.39. The second-order valence-corrected chi connectivity index (χ2v) is 12.8. The fraction of sp³-hybridized carbons (Fsp3) is 0.519. The molecule has 0 spiro atoms. The van der Waals surface area contributed by atoms with Gasteiger partial charge in [-0.1, -0.05) is 36.4 Å². The minimum Gasteiger partial charge on any atom is -0.465 e. The number of carboxylic acid groups (broad SMARTS) is 1. The fourth-order valence-electron chi connectivity index (χ4n) is 5.78. The van der Waals surface area contributed by atoms with Gasteiger partial charge in [-0.15, -0.1) is 0 Å². The molecular formula is C27H34N2O4S. The molecule has 2 aromatic rings. The van der Waals surface area contributed by atoms with Gasteiger partial charge in [-0.05, 0) is 93.3 Å². The molecule has 1 N–H and O–H groups in total. The Kier molecular flexibility index (Phi) is 5.97. The van der Waals surface area contributed by atoms with Crippen molar-refractivity contribution in [3.8, 4) is 11.1 Å². The first-order valence-electron chi connectivity index (χ1n) is 12.3. The van der Waals surface area contributed by atoms with E-state index < -0.39 is 21.5 Å². The minimum absolute atomic E-state index is 0.0137. The summed E-state index contributed by atoms with van der Waals surface area (Å²) < 4.78 is 25.1. The highest BCUT2D eigenvalue weighted by atomic mass is 32.2. The predicted octanol–water partition coefficient (Wildman–Crippen LogP) is 4.85. The first-order valence-corrected chi connectivity index (χ1v) is 14.0. The van der Waals surface area contributed by atoms with E-state index in [-0.39, 0.29) is 11.8 Å². The summed E-state index contributed by atoms with van der Waals surface area (Å²) in [5.41, 5.74) is 2.23. The lowest BCUT2D eigenvalue weighted by atomic mass is 9.80. The number of benzene rings is 2. The Morgan fingerprint density at radius 3 is 2.00 bits per heavy atom. The number of fused-ring (bicyclic) bond motifs is 3. The average molecular weight is 483 g/mol. The summed E-state index contributed by atoms with van der Waals surface area (Å²) in [5.74, 6) is 0.997. The minimum atomic E-state index is -3.22. The summed E-state index contributed by atoms with van der Waals surface area (Å²) in [7, 11) is -3.22. The third-order valence-electron chi connectivity index (χ3n) is 8.05. The molecule has 1 amide bonds. The molecule has 1 aliphatic carbocycles. The molecular weight excluding hydrogens is 448 g/mol. The lowest BCUT2D eigenvalue weighted by Crippen LogP contribution is -2.62. The molecule has 4 fully saturated rings. The average Bonchev–Trinajstić information content (AvgIpc) is 3.63. The van der Waals surface area contributed by atoms with E-state index in [4.69, 9.17) is 0 Å². The smallest absolute Gasteiger partial charge is 0.408 e. The normalized spacial score (nSPS) is 24.7. The van der Waals surface area contributed by atoms with E-state index in [0.717, 1.165) is 62.0 Å². The van der Waals surface area contributed by atoms with Crippen LogP contribution in [0.3, 0.4) is 0 Å². The molecule has 34 heavy (non-hydrogen) atoms. The Labute approximate surface area is 202 Å². The summed E-state index contributed by atoms with van der Waals surface area (Å²) in [6, 6.07) is 15.1. The van der Waals surface area contributed by atoms with Gasteiger partial charge in [0.05, 0.1) is 22.2 Å². The zero-order valence-electron chi connectivity index (χ0n) is 20.0. The van der Waals surface area contributed by atoms with Crippen LogP contribution in [0, 0.1) is 11.8 Å². The molecule has 6 rings (SSSR count). The zero-order valence-corrected chi connectivity index (χ0v) is 20.8. The lowest BCUT2D eigenvalue weighted by molar-refractivity contribution is -0.0289. The standard InChI is InChI=1S/C27H34N2O4S/c1-27(2,29(26(30)31)25-17-28-15-13-22(25)14-16-28)23-9-5-20(6-10-23)21-7-11-24(12-8-21)34(32,33)18-19-3-4-19/h5-12,19,22,25H,3-4,13-18H2,1-2H3,(H,30,31). The van der Waals surface area contributed by atoms with Crippen LogP contribution in [0.2, 0.25) is 0 Å². The maximum Gasteiger partial charge on any atom is 0.408 e. The summed E-state index contributed by atoms with van der Waals surface area (Å²) >= 11 is 0. The van der Waals surface area contributed by atoms with E-state index in [2.05, 4.69) is 4.90 Å². The van der Waals surface area contributed by atoms with Crippen molar-refractivity contribution in [1.29, 1.82) is 0 Å². The largest absolute Gasteiger partial charge is 0.465 e. The van der Waals surface area contributed by atoms with Gasteiger partial charge in [-0.25, -0.2) is 13.2 Å². The van der Waals surface area contributed by atoms with Crippen LogP contribution in [0.25, 0.3) is 11.1 Å². The number of sulfone groups is 1. The molecule has 3 saturated heterocycles. The molecule has 2 bridgehead atoms. The zero-order chi connectivity index (χ0) is 24.1. The van der Waals surface area contributed by atoms with E-state index in [1.807, 2.05) is 50.2 Å². The molecule has 1 saturated carbocycles. The fourth-order valence-corrected chi connectivity index (χ4v) is 7.47. The van der Waals surface area contributed by atoms with Gasteiger partial charge in [0, 0.05) is 6.54 Å². The van der Waals surface area contributed by atoms with E-state index >= 15 is 0 Å². The molecule has 0 aromatic heterocycles. The van der Waals surface area contributed by atoms with E-state index in [1.165, 1.54) is 0 Å². The van der Waals surface area contributed by atoms with Gasteiger partial charge in [0.2, 0.25) is 0 Å². The summed E-state index contributed by atoms with van der Waals surface area (Å²) in [6.07, 6.45) is 3.29. The Hall–Kier alpha value is -2.38. The highest BCUT2D eigenvalue weighted by Gasteiger charge is 2.45. The van der Waals surface area contributed by atoms with Crippen molar-refractivity contribution in [3.05, 3.63) is 54.1 Å². The van der Waals surface area contributed by atoms with Crippen LogP contribution in [0.4, 0.5) is 4.79 Å². The second kappa shape index (κ2) is 8.68. The van der Waals surface area contributed by atoms with Gasteiger partial charge in [0.15, 0.2) is 9.84 Å². The van der Waals surface area contributed by atoms with E-state index in [0.29, 0.717) is 16.7 Å². The summed E-state index contributed by atoms with van der Waals surface area (Å²) in [5, 5.41) is 10.2. The molecule has 182 valence electrons. The molecule has 0 radical (unpaired) electrons. The van der Waals surface area contributed by atoms with Gasteiger partial charge in [0.25, 0.3) is 0 Å². The highest BCUT2D eigenvalue weighted by molar-refractivity contribution is 7.91. The quantitative estimate of drug-likeness (QED) is 0.611. The number of carbonyl (C=O) groups is 1.